The van der Waals surface area contributed by atoms with Gasteiger partial charge in [-0.2, -0.15) is 10.4 Å². The number of hydrogen-bond acceptors (Lipinski definition) is 3. The maximum Gasteiger partial charge on any atom is 0.0884 e. The van der Waals surface area contributed by atoms with Crippen molar-refractivity contribution in [1.82, 2.24) is 9.78 Å². The molecule has 0 spiro atoms. The zero-order valence-corrected chi connectivity index (χ0v) is 11.3. The van der Waals surface area contributed by atoms with Crippen molar-refractivity contribution < 1.29 is 4.74 Å². The highest BCUT2D eigenvalue weighted by atomic mass is 16.5. The third-order valence-corrected chi connectivity index (χ3v) is 4.47. The van der Waals surface area contributed by atoms with Crippen LogP contribution in [0.2, 0.25) is 0 Å². The van der Waals surface area contributed by atoms with Crippen LogP contribution in [0.25, 0.3) is 0 Å². The molecule has 1 saturated carbocycles. The second-order valence-electron chi connectivity index (χ2n) is 5.95. The lowest BCUT2D eigenvalue weighted by atomic mass is 9.84. The van der Waals surface area contributed by atoms with E-state index in [4.69, 9.17) is 9.84 Å². The fourth-order valence-electron chi connectivity index (χ4n) is 3.24. The summed E-state index contributed by atoms with van der Waals surface area (Å²) in [7, 11) is 0. The first-order chi connectivity index (χ1) is 9.31. The largest absolute Gasteiger partial charge is 0.380 e. The molecule has 0 N–H and O–H groups in total. The summed E-state index contributed by atoms with van der Waals surface area (Å²) in [5.41, 5.74) is 0.698. The third kappa shape index (κ3) is 2.66. The molecule has 4 nitrogen and oxygen atoms in total. The van der Waals surface area contributed by atoms with Crippen LogP contribution >= 0.6 is 0 Å². The lowest BCUT2D eigenvalue weighted by molar-refractivity contribution is 0.171. The minimum Gasteiger partial charge on any atom is -0.380 e. The molecule has 1 aromatic rings. The summed E-state index contributed by atoms with van der Waals surface area (Å²) >= 11 is 0. The van der Waals surface area contributed by atoms with Gasteiger partial charge in [0.15, 0.2) is 0 Å². The monoisotopic (exact) mass is 259 g/mol. The molecule has 3 rings (SSSR count). The highest BCUT2D eigenvalue weighted by Gasteiger charge is 2.36. The Bertz CT molecular complexity index is 462. The SMILES string of the molecule is N#CC1(Cc2ccn(C3CCCCC3)n2)CCOC1. The molecule has 2 aliphatic rings. The van der Waals surface area contributed by atoms with Crippen molar-refractivity contribution in [3.05, 3.63) is 18.0 Å². The summed E-state index contributed by atoms with van der Waals surface area (Å²) < 4.78 is 7.51. The van der Waals surface area contributed by atoms with E-state index in [0.717, 1.165) is 18.5 Å². The summed E-state index contributed by atoms with van der Waals surface area (Å²) in [6, 6.07) is 5.09. The Morgan fingerprint density at radius 1 is 1.42 bits per heavy atom. The molecule has 2 fully saturated rings. The Kier molecular flexibility index (Phi) is 3.56. The fourth-order valence-corrected chi connectivity index (χ4v) is 3.24. The second-order valence-corrected chi connectivity index (χ2v) is 5.95. The molecular formula is C15H21N3O. The average molecular weight is 259 g/mol. The molecule has 1 aliphatic heterocycles. The van der Waals surface area contributed by atoms with E-state index in [1.165, 1.54) is 32.1 Å². The molecule has 1 aliphatic carbocycles. The number of nitriles is 1. The maximum atomic E-state index is 9.37. The molecule has 2 heterocycles. The third-order valence-electron chi connectivity index (χ3n) is 4.47. The molecule has 102 valence electrons. The van der Waals surface area contributed by atoms with E-state index in [2.05, 4.69) is 23.0 Å². The Hall–Kier alpha value is -1.34. The summed E-state index contributed by atoms with van der Waals surface area (Å²) in [5.74, 6) is 0. The molecule has 0 radical (unpaired) electrons. The van der Waals surface area contributed by atoms with Crippen LogP contribution in [0.1, 0.15) is 50.3 Å². The number of ether oxygens (including phenoxy) is 1. The van der Waals surface area contributed by atoms with Crippen molar-refractivity contribution in [2.45, 2.75) is 51.0 Å². The Morgan fingerprint density at radius 2 is 2.26 bits per heavy atom. The Morgan fingerprint density at radius 3 is 2.95 bits per heavy atom. The van der Waals surface area contributed by atoms with Gasteiger partial charge in [-0.25, -0.2) is 0 Å². The van der Waals surface area contributed by atoms with Gasteiger partial charge in [0.25, 0.3) is 0 Å². The normalized spacial score (nSPS) is 28.4. The van der Waals surface area contributed by atoms with Gasteiger partial charge in [0, 0.05) is 19.2 Å². The lowest BCUT2D eigenvalue weighted by Gasteiger charge is -2.22. The maximum absolute atomic E-state index is 9.37. The van der Waals surface area contributed by atoms with Crippen LogP contribution in [-0.2, 0) is 11.2 Å². The topological polar surface area (TPSA) is 50.8 Å². The number of nitrogens with zero attached hydrogens (tertiary/aromatic N) is 3. The van der Waals surface area contributed by atoms with Crippen LogP contribution in [0.5, 0.6) is 0 Å². The number of aromatic nitrogens is 2. The van der Waals surface area contributed by atoms with Crippen molar-refractivity contribution in [2.24, 2.45) is 5.41 Å². The first-order valence-electron chi connectivity index (χ1n) is 7.34. The molecule has 19 heavy (non-hydrogen) atoms. The van der Waals surface area contributed by atoms with Crippen LogP contribution in [-0.4, -0.2) is 23.0 Å². The van der Waals surface area contributed by atoms with E-state index in [9.17, 15) is 5.26 Å². The van der Waals surface area contributed by atoms with Crippen LogP contribution in [0.4, 0.5) is 0 Å². The van der Waals surface area contributed by atoms with Gasteiger partial charge in [-0.05, 0) is 25.3 Å². The van der Waals surface area contributed by atoms with Gasteiger partial charge >= 0.3 is 0 Å². The summed E-state index contributed by atoms with van der Waals surface area (Å²) in [4.78, 5) is 0. The highest BCUT2D eigenvalue weighted by Crippen LogP contribution is 2.32. The molecule has 0 aromatic carbocycles. The molecule has 1 atom stereocenters. The van der Waals surface area contributed by atoms with Gasteiger partial charge in [-0.1, -0.05) is 19.3 Å². The van der Waals surface area contributed by atoms with E-state index in [0.29, 0.717) is 19.3 Å². The van der Waals surface area contributed by atoms with E-state index < -0.39 is 0 Å². The predicted octanol–water partition coefficient (Wildman–Crippen LogP) is 2.86. The molecule has 0 bridgehead atoms. The number of hydrogen-bond donors (Lipinski definition) is 0. The Balaban J connectivity index is 1.69. The lowest BCUT2D eigenvalue weighted by Crippen LogP contribution is -2.22. The first-order valence-corrected chi connectivity index (χ1v) is 7.34. The standard InChI is InChI=1S/C15H21N3O/c16-11-15(7-9-19-12-15)10-13-6-8-18(17-13)14-4-2-1-3-5-14/h6,8,14H,1-5,7,9-10,12H2. The average Bonchev–Trinajstić information content (AvgIpc) is 3.10. The zero-order chi connectivity index (χ0) is 13.1. The van der Waals surface area contributed by atoms with Crippen molar-refractivity contribution in [2.75, 3.05) is 13.2 Å². The first kappa shape index (κ1) is 12.7. The second kappa shape index (κ2) is 5.34. The van der Waals surface area contributed by atoms with E-state index in [1.54, 1.807) is 0 Å². The molecule has 1 unspecified atom stereocenters. The minimum atomic E-state index is -0.342. The van der Waals surface area contributed by atoms with E-state index in [1.807, 2.05) is 0 Å². The molecule has 0 amide bonds. The molecular weight excluding hydrogens is 238 g/mol. The minimum absolute atomic E-state index is 0.342. The Labute approximate surface area is 114 Å². The van der Waals surface area contributed by atoms with Crippen LogP contribution in [0.15, 0.2) is 12.3 Å². The smallest absolute Gasteiger partial charge is 0.0884 e. The van der Waals surface area contributed by atoms with Gasteiger partial charge < -0.3 is 4.74 Å². The van der Waals surface area contributed by atoms with Gasteiger partial charge in [-0.3, -0.25) is 4.68 Å². The molecule has 4 heteroatoms. The summed E-state index contributed by atoms with van der Waals surface area (Å²) in [6.07, 6.45) is 10.1. The quantitative estimate of drug-likeness (QED) is 0.838. The molecule has 1 aromatic heterocycles. The van der Waals surface area contributed by atoms with Crippen molar-refractivity contribution in [3.8, 4) is 6.07 Å². The van der Waals surface area contributed by atoms with Gasteiger partial charge in [0.2, 0.25) is 0 Å². The highest BCUT2D eigenvalue weighted by molar-refractivity contribution is 5.12. The van der Waals surface area contributed by atoms with Crippen LogP contribution < -0.4 is 0 Å². The van der Waals surface area contributed by atoms with Gasteiger partial charge in [0.1, 0.15) is 0 Å². The van der Waals surface area contributed by atoms with E-state index in [-0.39, 0.29) is 5.41 Å². The number of rotatable bonds is 3. The van der Waals surface area contributed by atoms with Crippen LogP contribution in [0, 0.1) is 16.7 Å². The predicted molar refractivity (Wildman–Crippen MR) is 71.5 cm³/mol. The van der Waals surface area contributed by atoms with Gasteiger partial charge in [-0.15, -0.1) is 0 Å². The van der Waals surface area contributed by atoms with Gasteiger partial charge in [0.05, 0.1) is 29.8 Å². The summed E-state index contributed by atoms with van der Waals surface area (Å²) in [5, 5.41) is 14.1. The van der Waals surface area contributed by atoms with Crippen LogP contribution in [0.3, 0.4) is 0 Å². The zero-order valence-electron chi connectivity index (χ0n) is 11.3. The summed E-state index contributed by atoms with van der Waals surface area (Å²) in [6.45, 7) is 1.26. The van der Waals surface area contributed by atoms with E-state index >= 15 is 0 Å². The van der Waals surface area contributed by atoms with Crippen molar-refractivity contribution in [1.29, 1.82) is 5.26 Å². The molecule has 1 saturated heterocycles. The van der Waals surface area contributed by atoms with Crippen molar-refractivity contribution >= 4 is 0 Å². The van der Waals surface area contributed by atoms with Crippen molar-refractivity contribution in [3.63, 3.8) is 0 Å². The fraction of sp³-hybridized carbons (Fsp3) is 0.733.